The molecule has 0 heterocycles. The molecule has 0 saturated heterocycles. The van der Waals surface area contributed by atoms with Gasteiger partial charge in [-0.3, -0.25) is 9.59 Å². The molecule has 0 aliphatic rings. The van der Waals surface area contributed by atoms with E-state index in [1.165, 1.54) is 23.1 Å². The van der Waals surface area contributed by atoms with Gasteiger partial charge >= 0.3 is 0 Å². The van der Waals surface area contributed by atoms with Crippen molar-refractivity contribution < 1.29 is 18.4 Å². The van der Waals surface area contributed by atoms with Crippen molar-refractivity contribution in [3.05, 3.63) is 107 Å². The van der Waals surface area contributed by atoms with Crippen molar-refractivity contribution in [3.63, 3.8) is 0 Å². The number of amides is 2. The van der Waals surface area contributed by atoms with Gasteiger partial charge in [-0.15, -0.1) is 0 Å². The van der Waals surface area contributed by atoms with E-state index < -0.39 is 11.9 Å². The number of rotatable bonds is 10. The fourth-order valence-electron chi connectivity index (χ4n) is 3.67. The second kappa shape index (κ2) is 12.1. The molecule has 6 heteroatoms. The van der Waals surface area contributed by atoms with E-state index in [-0.39, 0.29) is 42.1 Å². The molecule has 0 saturated carbocycles. The Bertz CT molecular complexity index is 1090. The van der Waals surface area contributed by atoms with Crippen molar-refractivity contribution in [2.24, 2.45) is 5.92 Å². The summed E-state index contributed by atoms with van der Waals surface area (Å²) in [6.45, 7) is 4.55. The standard InChI is InChI=1S/C28H30F2N2O2/c1-20(2)18-31-28(34)26(16-21-8-4-3-5-9-21)32(19-22-12-14-24(29)15-13-22)27(33)17-23-10-6-7-11-25(23)30/h3-15,20,26H,16-19H2,1-2H3,(H,31,34)/t26-/m0/s1. The van der Waals surface area contributed by atoms with E-state index in [4.69, 9.17) is 0 Å². The maximum atomic E-state index is 14.3. The fraction of sp³-hybridized carbons (Fsp3) is 0.286. The Morgan fingerprint density at radius 2 is 1.50 bits per heavy atom. The van der Waals surface area contributed by atoms with Crippen LogP contribution >= 0.6 is 0 Å². The Kier molecular flexibility index (Phi) is 8.91. The maximum Gasteiger partial charge on any atom is 0.243 e. The average molecular weight is 465 g/mol. The van der Waals surface area contributed by atoms with Gasteiger partial charge in [-0.25, -0.2) is 8.78 Å². The molecule has 0 aliphatic carbocycles. The highest BCUT2D eigenvalue weighted by Gasteiger charge is 2.30. The summed E-state index contributed by atoms with van der Waals surface area (Å²) >= 11 is 0. The Balaban J connectivity index is 1.96. The van der Waals surface area contributed by atoms with Crippen LogP contribution in [0.1, 0.15) is 30.5 Å². The van der Waals surface area contributed by atoms with Crippen LogP contribution in [-0.4, -0.2) is 29.3 Å². The Labute approximate surface area is 199 Å². The zero-order chi connectivity index (χ0) is 24.5. The Hall–Kier alpha value is -3.54. The normalized spacial score (nSPS) is 11.8. The van der Waals surface area contributed by atoms with Gasteiger partial charge in [0.15, 0.2) is 0 Å². The summed E-state index contributed by atoms with van der Waals surface area (Å²) in [6, 6.07) is 20.6. The highest BCUT2D eigenvalue weighted by Crippen LogP contribution is 2.18. The van der Waals surface area contributed by atoms with Crippen molar-refractivity contribution in [1.82, 2.24) is 10.2 Å². The van der Waals surface area contributed by atoms with Gasteiger partial charge in [0.05, 0.1) is 6.42 Å². The SMILES string of the molecule is CC(C)CNC(=O)[C@H](Cc1ccccc1)N(Cc1ccc(F)cc1)C(=O)Cc1ccccc1F. The first-order valence-corrected chi connectivity index (χ1v) is 11.4. The summed E-state index contributed by atoms with van der Waals surface area (Å²) in [4.78, 5) is 28.3. The van der Waals surface area contributed by atoms with Gasteiger partial charge in [0.2, 0.25) is 11.8 Å². The number of nitrogens with one attached hydrogen (secondary N) is 1. The van der Waals surface area contributed by atoms with Crippen molar-refractivity contribution in [3.8, 4) is 0 Å². The summed E-state index contributed by atoms with van der Waals surface area (Å²) in [7, 11) is 0. The topological polar surface area (TPSA) is 49.4 Å². The molecule has 178 valence electrons. The van der Waals surface area contributed by atoms with Crippen LogP contribution in [0, 0.1) is 17.6 Å². The van der Waals surface area contributed by atoms with E-state index in [1.807, 2.05) is 44.2 Å². The number of carbonyl (C=O) groups is 2. The maximum absolute atomic E-state index is 14.3. The number of benzene rings is 3. The largest absolute Gasteiger partial charge is 0.354 e. The van der Waals surface area contributed by atoms with Crippen molar-refractivity contribution in [2.45, 2.75) is 39.3 Å². The number of carbonyl (C=O) groups excluding carboxylic acids is 2. The van der Waals surface area contributed by atoms with E-state index >= 15 is 0 Å². The molecule has 0 radical (unpaired) electrons. The molecule has 3 rings (SSSR count). The molecule has 2 amide bonds. The van der Waals surface area contributed by atoms with Crippen LogP contribution < -0.4 is 5.32 Å². The average Bonchev–Trinajstić information content (AvgIpc) is 2.83. The van der Waals surface area contributed by atoms with Gasteiger partial charge < -0.3 is 10.2 Å². The van der Waals surface area contributed by atoms with E-state index in [0.29, 0.717) is 18.5 Å². The molecule has 1 atom stereocenters. The van der Waals surface area contributed by atoms with Crippen LogP contribution in [0.2, 0.25) is 0 Å². The predicted octanol–water partition coefficient (Wildman–Crippen LogP) is 4.92. The lowest BCUT2D eigenvalue weighted by Gasteiger charge is -2.32. The summed E-state index contributed by atoms with van der Waals surface area (Å²) in [5.74, 6) is -1.28. The lowest BCUT2D eigenvalue weighted by molar-refractivity contribution is -0.140. The zero-order valence-corrected chi connectivity index (χ0v) is 19.5. The first-order chi connectivity index (χ1) is 16.3. The summed E-state index contributed by atoms with van der Waals surface area (Å²) in [5.41, 5.74) is 1.84. The highest BCUT2D eigenvalue weighted by molar-refractivity contribution is 5.88. The second-order valence-corrected chi connectivity index (χ2v) is 8.76. The van der Waals surface area contributed by atoms with Crippen LogP contribution in [0.4, 0.5) is 8.78 Å². The molecule has 3 aromatic carbocycles. The van der Waals surface area contributed by atoms with Crippen LogP contribution in [0.3, 0.4) is 0 Å². The van der Waals surface area contributed by atoms with E-state index in [0.717, 1.165) is 5.56 Å². The van der Waals surface area contributed by atoms with Crippen molar-refractivity contribution in [2.75, 3.05) is 6.54 Å². The summed E-state index contributed by atoms with van der Waals surface area (Å²) < 4.78 is 27.8. The third-order valence-corrected chi connectivity index (χ3v) is 5.52. The second-order valence-electron chi connectivity index (χ2n) is 8.76. The van der Waals surface area contributed by atoms with Crippen LogP contribution in [0.25, 0.3) is 0 Å². The number of nitrogens with zero attached hydrogens (tertiary/aromatic N) is 1. The van der Waals surface area contributed by atoms with Crippen LogP contribution in [-0.2, 0) is 29.0 Å². The molecular weight excluding hydrogens is 434 g/mol. The zero-order valence-electron chi connectivity index (χ0n) is 19.5. The minimum atomic E-state index is -0.814. The highest BCUT2D eigenvalue weighted by atomic mass is 19.1. The van der Waals surface area contributed by atoms with Crippen LogP contribution in [0.15, 0.2) is 78.9 Å². The molecule has 0 unspecified atom stereocenters. The van der Waals surface area contributed by atoms with E-state index in [1.54, 1.807) is 30.3 Å². The van der Waals surface area contributed by atoms with Gasteiger partial charge in [0.25, 0.3) is 0 Å². The van der Waals surface area contributed by atoms with Crippen molar-refractivity contribution in [1.29, 1.82) is 0 Å². The van der Waals surface area contributed by atoms with Gasteiger partial charge in [0.1, 0.15) is 17.7 Å². The fourth-order valence-corrected chi connectivity index (χ4v) is 3.67. The molecule has 0 spiro atoms. The minimum absolute atomic E-state index is 0.0974. The predicted molar refractivity (Wildman–Crippen MR) is 129 cm³/mol. The lowest BCUT2D eigenvalue weighted by Crippen LogP contribution is -2.51. The summed E-state index contributed by atoms with van der Waals surface area (Å²) in [5, 5.41) is 2.94. The molecule has 0 aromatic heterocycles. The van der Waals surface area contributed by atoms with Gasteiger partial charge in [-0.1, -0.05) is 74.5 Å². The molecule has 0 bridgehead atoms. The quantitative estimate of drug-likeness (QED) is 0.463. The van der Waals surface area contributed by atoms with Gasteiger partial charge in [0, 0.05) is 19.5 Å². The minimum Gasteiger partial charge on any atom is -0.354 e. The molecule has 34 heavy (non-hydrogen) atoms. The smallest absolute Gasteiger partial charge is 0.243 e. The van der Waals surface area contributed by atoms with Gasteiger partial charge in [-0.05, 0) is 40.8 Å². The molecule has 4 nitrogen and oxygen atoms in total. The van der Waals surface area contributed by atoms with Crippen LogP contribution in [0.5, 0.6) is 0 Å². The number of hydrogen-bond donors (Lipinski definition) is 1. The molecule has 3 aromatic rings. The summed E-state index contributed by atoms with van der Waals surface area (Å²) in [6.07, 6.45) is 0.117. The third-order valence-electron chi connectivity index (χ3n) is 5.52. The molecule has 0 aliphatic heterocycles. The third kappa shape index (κ3) is 7.24. The number of halogens is 2. The number of hydrogen-bond acceptors (Lipinski definition) is 2. The Morgan fingerprint density at radius 1 is 0.853 bits per heavy atom. The monoisotopic (exact) mass is 464 g/mol. The first kappa shape index (κ1) is 25.1. The molecule has 1 N–H and O–H groups in total. The van der Waals surface area contributed by atoms with Crippen molar-refractivity contribution >= 4 is 11.8 Å². The van der Waals surface area contributed by atoms with E-state index in [9.17, 15) is 18.4 Å². The molecule has 0 fully saturated rings. The Morgan fingerprint density at radius 3 is 2.15 bits per heavy atom. The van der Waals surface area contributed by atoms with E-state index in [2.05, 4.69) is 5.32 Å². The van der Waals surface area contributed by atoms with Gasteiger partial charge in [-0.2, -0.15) is 0 Å². The lowest BCUT2D eigenvalue weighted by atomic mass is 10.0. The first-order valence-electron chi connectivity index (χ1n) is 11.4. The molecular formula is C28H30F2N2O2.